The molecule has 18 heavy (non-hydrogen) atoms. The zero-order valence-corrected chi connectivity index (χ0v) is 11.9. The fourth-order valence-corrected chi connectivity index (χ4v) is 2.65. The van der Waals surface area contributed by atoms with E-state index in [1.807, 2.05) is 19.9 Å². The minimum absolute atomic E-state index is 0.105. The largest absolute Gasteiger partial charge is 0.395 e. The number of nitrogens with one attached hydrogen (secondary N) is 1. The van der Waals surface area contributed by atoms with E-state index in [0.717, 1.165) is 11.1 Å². The topological polar surface area (TPSA) is 66.4 Å². The number of carbonyl (C=O) groups is 1. The van der Waals surface area contributed by atoms with Gasteiger partial charge >= 0.3 is 0 Å². The summed E-state index contributed by atoms with van der Waals surface area (Å²) in [5, 5.41) is 11.7. The lowest BCUT2D eigenvalue weighted by atomic mass is 10.1. The Morgan fingerprint density at radius 1 is 1.44 bits per heavy atom. The van der Waals surface area contributed by atoms with E-state index >= 15 is 0 Å². The average Bonchev–Trinajstić information content (AvgIpc) is 2.23. The van der Waals surface area contributed by atoms with Crippen molar-refractivity contribution in [1.82, 2.24) is 0 Å². The summed E-state index contributed by atoms with van der Waals surface area (Å²) in [5.74, 6) is -0.395. The van der Waals surface area contributed by atoms with E-state index in [1.54, 1.807) is 6.07 Å². The highest BCUT2D eigenvalue weighted by atomic mass is 35.5. The fraction of sp³-hybridized carbons (Fsp3) is 0.417. The summed E-state index contributed by atoms with van der Waals surface area (Å²) >= 11 is 6.05. The van der Waals surface area contributed by atoms with Crippen molar-refractivity contribution in [2.24, 2.45) is 0 Å². The van der Waals surface area contributed by atoms with Gasteiger partial charge in [-0.3, -0.25) is 9.00 Å². The molecular weight excluding hydrogens is 274 g/mol. The first-order valence-corrected chi connectivity index (χ1v) is 7.33. The molecule has 0 heterocycles. The third-order valence-corrected chi connectivity index (χ3v) is 3.83. The third-order valence-electron chi connectivity index (χ3n) is 2.31. The first-order chi connectivity index (χ1) is 8.43. The molecule has 2 N–H and O–H groups in total. The Morgan fingerprint density at radius 2 is 2.11 bits per heavy atom. The molecule has 0 fully saturated rings. The molecule has 0 aliphatic carbocycles. The van der Waals surface area contributed by atoms with E-state index in [0.29, 0.717) is 10.7 Å². The van der Waals surface area contributed by atoms with Gasteiger partial charge in [0.2, 0.25) is 5.91 Å². The molecule has 0 saturated carbocycles. The smallest absolute Gasteiger partial charge is 0.237 e. The fourth-order valence-electron chi connectivity index (χ4n) is 1.57. The molecule has 1 amide bonds. The van der Waals surface area contributed by atoms with Crippen LogP contribution in [0.15, 0.2) is 12.1 Å². The van der Waals surface area contributed by atoms with Gasteiger partial charge in [-0.25, -0.2) is 0 Å². The third kappa shape index (κ3) is 4.40. The van der Waals surface area contributed by atoms with Crippen LogP contribution in [0.1, 0.15) is 11.1 Å². The second-order valence-corrected chi connectivity index (χ2v) is 5.98. The SMILES string of the molecule is Cc1cc(C)c(NC(=O)CS(=O)CCO)c(Cl)c1. The van der Waals surface area contributed by atoms with Crippen LogP contribution in [-0.2, 0) is 15.6 Å². The summed E-state index contributed by atoms with van der Waals surface area (Å²) in [6, 6.07) is 3.67. The summed E-state index contributed by atoms with van der Waals surface area (Å²) in [6.07, 6.45) is 0. The number of aliphatic hydroxyl groups is 1. The molecule has 0 radical (unpaired) electrons. The Bertz CT molecular complexity index is 453. The zero-order valence-electron chi connectivity index (χ0n) is 10.3. The van der Waals surface area contributed by atoms with E-state index in [4.69, 9.17) is 16.7 Å². The lowest BCUT2D eigenvalue weighted by Gasteiger charge is -2.11. The number of carbonyl (C=O) groups excluding carboxylic acids is 1. The minimum atomic E-state index is -1.35. The van der Waals surface area contributed by atoms with Crippen LogP contribution in [0.5, 0.6) is 0 Å². The second-order valence-electron chi connectivity index (χ2n) is 4.00. The number of amides is 1. The first kappa shape index (κ1) is 15.1. The van der Waals surface area contributed by atoms with E-state index in [2.05, 4.69) is 5.32 Å². The number of benzene rings is 1. The van der Waals surface area contributed by atoms with E-state index in [-0.39, 0.29) is 24.0 Å². The number of aryl methyl sites for hydroxylation is 2. The monoisotopic (exact) mass is 289 g/mol. The van der Waals surface area contributed by atoms with Gasteiger partial charge in [0.15, 0.2) is 0 Å². The van der Waals surface area contributed by atoms with Crippen LogP contribution in [0, 0.1) is 13.8 Å². The molecule has 4 nitrogen and oxygen atoms in total. The average molecular weight is 290 g/mol. The van der Waals surface area contributed by atoms with Gasteiger partial charge in [-0.1, -0.05) is 17.7 Å². The number of halogens is 1. The van der Waals surface area contributed by atoms with Crippen molar-refractivity contribution in [2.75, 3.05) is 23.4 Å². The zero-order chi connectivity index (χ0) is 13.7. The van der Waals surface area contributed by atoms with E-state index < -0.39 is 10.8 Å². The Labute approximate surface area is 114 Å². The molecule has 100 valence electrons. The second kappa shape index (κ2) is 6.87. The molecule has 6 heteroatoms. The summed E-state index contributed by atoms with van der Waals surface area (Å²) in [5.41, 5.74) is 2.42. The van der Waals surface area contributed by atoms with Crippen molar-refractivity contribution in [3.63, 3.8) is 0 Å². The summed E-state index contributed by atoms with van der Waals surface area (Å²) in [6.45, 7) is 3.57. The molecule has 1 aromatic carbocycles. The van der Waals surface area contributed by atoms with Gasteiger partial charge in [0, 0.05) is 16.6 Å². The van der Waals surface area contributed by atoms with Crippen molar-refractivity contribution < 1.29 is 14.1 Å². The summed E-state index contributed by atoms with van der Waals surface area (Å²) in [4.78, 5) is 11.6. The van der Waals surface area contributed by atoms with Gasteiger partial charge < -0.3 is 10.4 Å². The Hall–Kier alpha value is -0.910. The highest BCUT2D eigenvalue weighted by Gasteiger charge is 2.12. The molecule has 1 aromatic rings. The standard InChI is InChI=1S/C12H16ClNO3S/c1-8-5-9(2)12(10(13)6-8)14-11(16)7-18(17)4-3-15/h5-6,15H,3-4,7H2,1-2H3,(H,14,16). The lowest BCUT2D eigenvalue weighted by Crippen LogP contribution is -2.22. The Morgan fingerprint density at radius 3 is 2.67 bits per heavy atom. The number of hydrogen-bond donors (Lipinski definition) is 2. The first-order valence-electron chi connectivity index (χ1n) is 5.46. The maximum Gasteiger partial charge on any atom is 0.237 e. The normalized spacial score (nSPS) is 12.2. The highest BCUT2D eigenvalue weighted by Crippen LogP contribution is 2.27. The molecule has 0 saturated heterocycles. The molecular formula is C12H16ClNO3S. The van der Waals surface area contributed by atoms with E-state index in [1.165, 1.54) is 0 Å². The summed E-state index contributed by atoms with van der Waals surface area (Å²) in [7, 11) is -1.35. The van der Waals surface area contributed by atoms with Gasteiger partial charge in [-0.2, -0.15) is 0 Å². The molecule has 0 aliphatic heterocycles. The number of hydrogen-bond acceptors (Lipinski definition) is 3. The van der Waals surface area contributed by atoms with Gasteiger partial charge in [0.05, 0.1) is 17.3 Å². The Balaban J connectivity index is 2.73. The van der Waals surface area contributed by atoms with Crippen LogP contribution in [0.25, 0.3) is 0 Å². The molecule has 0 aromatic heterocycles. The Kier molecular flexibility index (Phi) is 5.78. The predicted octanol–water partition coefficient (Wildman–Crippen LogP) is 1.64. The van der Waals surface area contributed by atoms with Crippen LogP contribution < -0.4 is 5.32 Å². The molecule has 1 rings (SSSR count). The molecule has 1 unspecified atom stereocenters. The maximum absolute atomic E-state index is 11.6. The number of rotatable bonds is 5. The van der Waals surface area contributed by atoms with Gasteiger partial charge in [0.1, 0.15) is 5.75 Å². The summed E-state index contributed by atoms with van der Waals surface area (Å²) < 4.78 is 11.3. The van der Waals surface area contributed by atoms with Crippen molar-refractivity contribution >= 4 is 34.0 Å². The number of aliphatic hydroxyl groups excluding tert-OH is 1. The van der Waals surface area contributed by atoms with E-state index in [9.17, 15) is 9.00 Å². The van der Waals surface area contributed by atoms with Crippen molar-refractivity contribution in [3.8, 4) is 0 Å². The van der Waals surface area contributed by atoms with Crippen LogP contribution in [0.2, 0.25) is 5.02 Å². The van der Waals surface area contributed by atoms with Crippen LogP contribution in [-0.4, -0.2) is 33.3 Å². The van der Waals surface area contributed by atoms with Crippen molar-refractivity contribution in [1.29, 1.82) is 0 Å². The number of anilines is 1. The van der Waals surface area contributed by atoms with Gasteiger partial charge in [-0.15, -0.1) is 0 Å². The molecule has 0 spiro atoms. The maximum atomic E-state index is 11.6. The van der Waals surface area contributed by atoms with Crippen LogP contribution >= 0.6 is 11.6 Å². The quantitative estimate of drug-likeness (QED) is 0.866. The van der Waals surface area contributed by atoms with Crippen molar-refractivity contribution in [2.45, 2.75) is 13.8 Å². The molecule has 0 bridgehead atoms. The van der Waals surface area contributed by atoms with Gasteiger partial charge in [-0.05, 0) is 31.0 Å². The van der Waals surface area contributed by atoms with Gasteiger partial charge in [0.25, 0.3) is 0 Å². The predicted molar refractivity (Wildman–Crippen MR) is 74.5 cm³/mol. The molecule has 0 aliphatic rings. The van der Waals surface area contributed by atoms with Crippen LogP contribution in [0.4, 0.5) is 5.69 Å². The highest BCUT2D eigenvalue weighted by molar-refractivity contribution is 7.85. The van der Waals surface area contributed by atoms with Crippen molar-refractivity contribution in [3.05, 3.63) is 28.3 Å². The van der Waals surface area contributed by atoms with Crippen LogP contribution in [0.3, 0.4) is 0 Å². The lowest BCUT2D eigenvalue weighted by molar-refractivity contribution is -0.113. The minimum Gasteiger partial charge on any atom is -0.395 e. The molecule has 1 atom stereocenters.